The number of pyridine rings is 1. The van der Waals surface area contributed by atoms with Gasteiger partial charge in [-0.2, -0.15) is 18.3 Å². The van der Waals surface area contributed by atoms with E-state index in [0.717, 1.165) is 24.5 Å². The Bertz CT molecular complexity index is 686. The van der Waals surface area contributed by atoms with Crippen molar-refractivity contribution in [3.63, 3.8) is 0 Å². The van der Waals surface area contributed by atoms with E-state index in [2.05, 4.69) is 15.4 Å². The zero-order chi connectivity index (χ0) is 17.2. The molecule has 0 spiro atoms. The molecular formula is C16H19F3N4O. The molecule has 0 unspecified atom stereocenters. The lowest BCUT2D eigenvalue weighted by molar-refractivity contribution is -0.137. The van der Waals surface area contributed by atoms with E-state index in [0.29, 0.717) is 13.2 Å². The van der Waals surface area contributed by atoms with E-state index in [4.69, 9.17) is 4.74 Å². The first-order chi connectivity index (χ1) is 11.4. The molecule has 0 saturated carbocycles. The molecule has 1 fully saturated rings. The van der Waals surface area contributed by atoms with Crippen LogP contribution in [0.4, 0.5) is 19.0 Å². The van der Waals surface area contributed by atoms with Gasteiger partial charge >= 0.3 is 6.18 Å². The van der Waals surface area contributed by atoms with Crippen molar-refractivity contribution < 1.29 is 17.9 Å². The van der Waals surface area contributed by atoms with Crippen LogP contribution in [0.15, 0.2) is 30.7 Å². The van der Waals surface area contributed by atoms with Crippen LogP contribution in [0.2, 0.25) is 0 Å². The zero-order valence-electron chi connectivity index (χ0n) is 13.3. The Hall–Kier alpha value is -2.09. The number of ether oxygens (including phenoxy) is 1. The molecule has 2 aromatic rings. The SMILES string of the molecule is Cn1cc([C@@H]2OCCC[C@H]2CNc2ncccc2C(F)(F)F)cn1. The third-order valence-corrected chi connectivity index (χ3v) is 4.14. The van der Waals surface area contributed by atoms with E-state index in [1.807, 2.05) is 13.2 Å². The summed E-state index contributed by atoms with van der Waals surface area (Å²) in [5.74, 6) is -0.0773. The van der Waals surface area contributed by atoms with Crippen molar-refractivity contribution in [2.24, 2.45) is 13.0 Å². The molecular weight excluding hydrogens is 321 g/mol. The van der Waals surface area contributed by atoms with Crippen LogP contribution in [-0.2, 0) is 18.0 Å². The second-order valence-electron chi connectivity index (χ2n) is 5.92. The maximum Gasteiger partial charge on any atom is 0.419 e. The summed E-state index contributed by atoms with van der Waals surface area (Å²) in [7, 11) is 1.82. The minimum Gasteiger partial charge on any atom is -0.373 e. The quantitative estimate of drug-likeness (QED) is 0.927. The Morgan fingerprint density at radius 2 is 2.25 bits per heavy atom. The number of hydrogen-bond acceptors (Lipinski definition) is 4. The van der Waals surface area contributed by atoms with Crippen molar-refractivity contribution in [2.75, 3.05) is 18.5 Å². The Kier molecular flexibility index (Phi) is 4.75. The Morgan fingerprint density at radius 3 is 2.96 bits per heavy atom. The molecule has 3 heterocycles. The zero-order valence-corrected chi connectivity index (χ0v) is 13.3. The highest BCUT2D eigenvalue weighted by atomic mass is 19.4. The molecule has 0 amide bonds. The van der Waals surface area contributed by atoms with E-state index in [1.165, 1.54) is 12.3 Å². The third-order valence-electron chi connectivity index (χ3n) is 4.14. The highest BCUT2D eigenvalue weighted by Crippen LogP contribution is 2.36. The fraction of sp³-hybridized carbons (Fsp3) is 0.500. The number of anilines is 1. The molecule has 2 aromatic heterocycles. The van der Waals surface area contributed by atoms with E-state index in [1.54, 1.807) is 10.9 Å². The van der Waals surface area contributed by atoms with E-state index >= 15 is 0 Å². The summed E-state index contributed by atoms with van der Waals surface area (Å²) in [6.07, 6.45) is 2.14. The van der Waals surface area contributed by atoms with Gasteiger partial charge in [-0.25, -0.2) is 4.98 Å². The fourth-order valence-corrected chi connectivity index (χ4v) is 3.01. The van der Waals surface area contributed by atoms with Crippen LogP contribution in [-0.4, -0.2) is 27.9 Å². The van der Waals surface area contributed by atoms with Crippen LogP contribution in [0.3, 0.4) is 0 Å². The summed E-state index contributed by atoms with van der Waals surface area (Å²) < 4.78 is 46.7. The van der Waals surface area contributed by atoms with Gasteiger partial charge in [-0.1, -0.05) is 0 Å². The molecule has 1 saturated heterocycles. The number of nitrogens with zero attached hydrogens (tertiary/aromatic N) is 3. The lowest BCUT2D eigenvalue weighted by Gasteiger charge is -2.31. The van der Waals surface area contributed by atoms with Gasteiger partial charge in [0, 0.05) is 44.1 Å². The summed E-state index contributed by atoms with van der Waals surface area (Å²) in [6.45, 7) is 1.01. The predicted molar refractivity (Wildman–Crippen MR) is 82.4 cm³/mol. The number of nitrogens with one attached hydrogen (secondary N) is 1. The molecule has 0 aromatic carbocycles. The monoisotopic (exact) mass is 340 g/mol. The highest BCUT2D eigenvalue weighted by molar-refractivity contribution is 5.45. The van der Waals surface area contributed by atoms with Crippen molar-refractivity contribution >= 4 is 5.82 Å². The topological polar surface area (TPSA) is 52.0 Å². The van der Waals surface area contributed by atoms with Crippen molar-refractivity contribution in [3.8, 4) is 0 Å². The molecule has 8 heteroatoms. The van der Waals surface area contributed by atoms with Gasteiger partial charge in [0.25, 0.3) is 0 Å². The maximum atomic E-state index is 13.0. The molecule has 1 N–H and O–H groups in total. The summed E-state index contributed by atoms with van der Waals surface area (Å²) in [4.78, 5) is 3.84. The standard InChI is InChI=1S/C16H19F3N4O/c1-23-10-12(9-22-23)14-11(4-3-7-24-14)8-21-15-13(16(17,18)19)5-2-6-20-15/h2,5-6,9-11,14H,3-4,7-8H2,1H3,(H,20,21)/t11-,14+/m0/s1. The number of halogens is 3. The summed E-state index contributed by atoms with van der Waals surface area (Å²) in [6, 6.07) is 2.32. The third kappa shape index (κ3) is 3.69. The first-order valence-corrected chi connectivity index (χ1v) is 7.81. The van der Waals surface area contributed by atoms with Crippen molar-refractivity contribution in [1.29, 1.82) is 0 Å². The Labute approximate surface area is 137 Å². The molecule has 1 aliphatic rings. The normalized spacial score (nSPS) is 21.7. The van der Waals surface area contributed by atoms with Crippen LogP contribution in [0.25, 0.3) is 0 Å². The number of hydrogen-bond donors (Lipinski definition) is 1. The molecule has 130 valence electrons. The van der Waals surface area contributed by atoms with Crippen molar-refractivity contribution in [1.82, 2.24) is 14.8 Å². The van der Waals surface area contributed by atoms with E-state index < -0.39 is 11.7 Å². The molecule has 0 aliphatic carbocycles. The predicted octanol–water partition coefficient (Wildman–Crippen LogP) is 3.41. The molecule has 0 radical (unpaired) electrons. The van der Waals surface area contributed by atoms with Crippen LogP contribution in [0, 0.1) is 5.92 Å². The Morgan fingerprint density at radius 1 is 1.42 bits per heavy atom. The van der Waals surface area contributed by atoms with Gasteiger partial charge in [0.1, 0.15) is 5.82 Å². The van der Waals surface area contributed by atoms with Crippen LogP contribution >= 0.6 is 0 Å². The summed E-state index contributed by atoms with van der Waals surface area (Å²) in [5.41, 5.74) is 0.195. The summed E-state index contributed by atoms with van der Waals surface area (Å²) >= 11 is 0. The van der Waals surface area contributed by atoms with Gasteiger partial charge in [-0.15, -0.1) is 0 Å². The number of alkyl halides is 3. The highest BCUT2D eigenvalue weighted by Gasteiger charge is 2.35. The average molecular weight is 340 g/mol. The van der Waals surface area contributed by atoms with Crippen LogP contribution in [0.1, 0.15) is 30.1 Å². The molecule has 24 heavy (non-hydrogen) atoms. The molecule has 5 nitrogen and oxygen atoms in total. The lowest BCUT2D eigenvalue weighted by Crippen LogP contribution is -2.29. The number of rotatable bonds is 4. The largest absolute Gasteiger partial charge is 0.419 e. The first-order valence-electron chi connectivity index (χ1n) is 7.81. The fourth-order valence-electron chi connectivity index (χ4n) is 3.01. The molecule has 0 bridgehead atoms. The van der Waals surface area contributed by atoms with Gasteiger partial charge in [-0.3, -0.25) is 4.68 Å². The maximum absolute atomic E-state index is 13.0. The van der Waals surface area contributed by atoms with Gasteiger partial charge in [0.2, 0.25) is 0 Å². The summed E-state index contributed by atoms with van der Waals surface area (Å²) in [5, 5.41) is 7.00. The second-order valence-corrected chi connectivity index (χ2v) is 5.92. The van der Waals surface area contributed by atoms with Crippen LogP contribution in [0.5, 0.6) is 0 Å². The van der Waals surface area contributed by atoms with Gasteiger partial charge in [0.15, 0.2) is 0 Å². The smallest absolute Gasteiger partial charge is 0.373 e. The van der Waals surface area contributed by atoms with Gasteiger partial charge in [0.05, 0.1) is 17.9 Å². The van der Waals surface area contributed by atoms with Crippen LogP contribution < -0.4 is 5.32 Å². The van der Waals surface area contributed by atoms with Crippen molar-refractivity contribution in [3.05, 3.63) is 41.9 Å². The molecule has 3 rings (SSSR count). The van der Waals surface area contributed by atoms with Gasteiger partial charge in [-0.05, 0) is 25.0 Å². The number of aromatic nitrogens is 3. The molecule has 1 aliphatic heterocycles. The second kappa shape index (κ2) is 6.80. The first kappa shape index (κ1) is 16.8. The van der Waals surface area contributed by atoms with Gasteiger partial charge < -0.3 is 10.1 Å². The molecule has 2 atom stereocenters. The van der Waals surface area contributed by atoms with E-state index in [-0.39, 0.29) is 17.8 Å². The van der Waals surface area contributed by atoms with Crippen molar-refractivity contribution in [2.45, 2.75) is 25.1 Å². The Balaban J connectivity index is 1.73. The minimum atomic E-state index is -4.43. The number of aryl methyl sites for hydroxylation is 1. The average Bonchev–Trinajstić information content (AvgIpc) is 2.99. The minimum absolute atomic E-state index is 0.0611. The lowest BCUT2D eigenvalue weighted by atomic mass is 9.91. The van der Waals surface area contributed by atoms with E-state index in [9.17, 15) is 13.2 Å².